The average molecular weight is 511 g/mol. The average Bonchev–Trinajstić information content (AvgIpc) is 3.58. The van der Waals surface area contributed by atoms with Gasteiger partial charge >= 0.3 is 5.97 Å². The summed E-state index contributed by atoms with van der Waals surface area (Å²) in [4.78, 5) is 19.2. The van der Waals surface area contributed by atoms with Gasteiger partial charge in [-0.1, -0.05) is 42.5 Å². The number of carbonyl (C=O) groups is 1. The smallest absolute Gasteiger partial charge is 0.340 e. The summed E-state index contributed by atoms with van der Waals surface area (Å²) < 4.78 is 6.41. The zero-order valence-electron chi connectivity index (χ0n) is 22.0. The van der Waals surface area contributed by atoms with Crippen LogP contribution in [0.5, 0.6) is 0 Å². The van der Waals surface area contributed by atoms with E-state index in [1.54, 1.807) is 11.3 Å². The quantitative estimate of drug-likeness (QED) is 0.217. The molecular formula is C32H34N2O2S. The molecule has 190 valence electrons. The maximum atomic E-state index is 13.4. The third-order valence-corrected chi connectivity index (χ3v) is 8.39. The zero-order valence-corrected chi connectivity index (χ0v) is 22.8. The fourth-order valence-corrected chi connectivity index (χ4v) is 6.18. The Morgan fingerprint density at radius 3 is 1.73 bits per heavy atom. The Hall–Kier alpha value is -3.57. The molecule has 0 unspecified atom stereocenters. The number of carbonyl (C=O) groups excluding carboxylic acids is 1. The van der Waals surface area contributed by atoms with E-state index < -0.39 is 5.60 Å². The highest BCUT2D eigenvalue weighted by Gasteiger charge is 2.48. The second-order valence-electron chi connectivity index (χ2n) is 9.25. The number of ether oxygens (including phenoxy) is 1. The van der Waals surface area contributed by atoms with Crippen molar-refractivity contribution in [3.8, 4) is 10.4 Å². The molecule has 0 saturated carbocycles. The number of hydrogen-bond donors (Lipinski definition) is 0. The van der Waals surface area contributed by atoms with Gasteiger partial charge in [-0.2, -0.15) is 0 Å². The number of cyclic esters (lactones) is 1. The summed E-state index contributed by atoms with van der Waals surface area (Å²) in [5.41, 5.74) is 5.80. The van der Waals surface area contributed by atoms with Crippen LogP contribution in [0.25, 0.3) is 10.4 Å². The molecule has 3 aromatic carbocycles. The third-order valence-electron chi connectivity index (χ3n) is 7.48. The van der Waals surface area contributed by atoms with Gasteiger partial charge in [0.25, 0.3) is 0 Å². The van der Waals surface area contributed by atoms with E-state index in [2.05, 4.69) is 110 Å². The van der Waals surface area contributed by atoms with Crippen LogP contribution in [0.1, 0.15) is 54.7 Å². The second kappa shape index (κ2) is 10.4. The van der Waals surface area contributed by atoms with Crippen molar-refractivity contribution in [2.24, 2.45) is 0 Å². The molecule has 1 aliphatic heterocycles. The van der Waals surface area contributed by atoms with Gasteiger partial charge in [-0.25, -0.2) is 4.79 Å². The maximum absolute atomic E-state index is 13.4. The Labute approximate surface area is 224 Å². The molecule has 4 aromatic rings. The molecule has 0 saturated heterocycles. The number of esters is 1. The van der Waals surface area contributed by atoms with Gasteiger partial charge in [-0.05, 0) is 75.0 Å². The predicted octanol–water partition coefficient (Wildman–Crippen LogP) is 7.57. The first-order valence-corrected chi connectivity index (χ1v) is 14.1. The topological polar surface area (TPSA) is 32.8 Å². The first-order valence-electron chi connectivity index (χ1n) is 13.2. The lowest BCUT2D eigenvalue weighted by Crippen LogP contribution is -2.30. The molecule has 0 amide bonds. The van der Waals surface area contributed by atoms with Gasteiger partial charge in [0.05, 0.1) is 5.56 Å². The molecule has 5 heteroatoms. The first kappa shape index (κ1) is 25.1. The Balaban J connectivity index is 1.67. The molecule has 4 nitrogen and oxygen atoms in total. The van der Waals surface area contributed by atoms with Crippen molar-refractivity contribution in [1.29, 1.82) is 0 Å². The SMILES string of the molecule is CCN(CC)c1ccc(C2(c3ccc(N(CC)CC)cc3)OC(=O)c3cc(-c4cccs4)ccc32)cc1. The molecule has 5 rings (SSSR count). The van der Waals surface area contributed by atoms with Crippen molar-refractivity contribution in [2.75, 3.05) is 36.0 Å². The molecule has 0 bridgehead atoms. The lowest BCUT2D eigenvalue weighted by molar-refractivity contribution is 0.0251. The van der Waals surface area contributed by atoms with E-state index in [0.29, 0.717) is 5.56 Å². The van der Waals surface area contributed by atoms with Gasteiger partial charge in [-0.3, -0.25) is 0 Å². The van der Waals surface area contributed by atoms with Crippen LogP contribution in [0.4, 0.5) is 11.4 Å². The number of rotatable bonds is 9. The van der Waals surface area contributed by atoms with Gasteiger partial charge in [0.2, 0.25) is 0 Å². The van der Waals surface area contributed by atoms with Crippen molar-refractivity contribution in [3.63, 3.8) is 0 Å². The van der Waals surface area contributed by atoms with E-state index in [4.69, 9.17) is 4.74 Å². The number of thiophene rings is 1. The van der Waals surface area contributed by atoms with Gasteiger partial charge in [0, 0.05) is 59.1 Å². The number of benzene rings is 3. The molecule has 1 aromatic heterocycles. The van der Waals surface area contributed by atoms with Crippen LogP contribution in [0.2, 0.25) is 0 Å². The van der Waals surface area contributed by atoms with E-state index >= 15 is 0 Å². The largest absolute Gasteiger partial charge is 0.441 e. The lowest BCUT2D eigenvalue weighted by Gasteiger charge is -2.32. The summed E-state index contributed by atoms with van der Waals surface area (Å²) in [5.74, 6) is -0.283. The molecule has 1 aliphatic rings. The van der Waals surface area contributed by atoms with Gasteiger partial charge in [0.15, 0.2) is 5.60 Å². The molecule has 0 radical (unpaired) electrons. The summed E-state index contributed by atoms with van der Waals surface area (Å²) in [7, 11) is 0. The van der Waals surface area contributed by atoms with Crippen LogP contribution < -0.4 is 9.80 Å². The van der Waals surface area contributed by atoms with E-state index in [0.717, 1.165) is 53.3 Å². The minimum atomic E-state index is -0.996. The Morgan fingerprint density at radius 1 is 0.730 bits per heavy atom. The van der Waals surface area contributed by atoms with Crippen LogP contribution in [0.15, 0.2) is 84.2 Å². The summed E-state index contributed by atoms with van der Waals surface area (Å²) in [6, 6.07) is 27.3. The summed E-state index contributed by atoms with van der Waals surface area (Å²) in [5, 5.41) is 2.06. The van der Waals surface area contributed by atoms with E-state index in [1.807, 2.05) is 12.1 Å². The van der Waals surface area contributed by atoms with Crippen molar-refractivity contribution in [3.05, 3.63) is 106 Å². The Kier molecular flexibility index (Phi) is 7.07. The standard InChI is InChI=1S/C32H34N2O2S/c1-5-33(6-2)26-16-12-24(13-17-26)32(25-14-18-27(19-15-25)34(7-3)8-4)29-20-11-23(30-10-9-21-37-30)22-28(29)31(35)36-32/h9-22H,5-8H2,1-4H3. The summed E-state index contributed by atoms with van der Waals surface area (Å²) in [6.07, 6.45) is 0. The monoisotopic (exact) mass is 510 g/mol. The summed E-state index contributed by atoms with van der Waals surface area (Å²) >= 11 is 1.67. The van der Waals surface area contributed by atoms with Crippen LogP contribution in [0, 0.1) is 0 Å². The number of anilines is 2. The van der Waals surface area contributed by atoms with Crippen LogP contribution in [-0.4, -0.2) is 32.1 Å². The highest BCUT2D eigenvalue weighted by molar-refractivity contribution is 7.13. The molecule has 0 N–H and O–H groups in total. The molecule has 0 atom stereocenters. The molecule has 0 fully saturated rings. The van der Waals surface area contributed by atoms with Crippen molar-refractivity contribution < 1.29 is 9.53 Å². The molecule has 2 heterocycles. The first-order chi connectivity index (χ1) is 18.0. The lowest BCUT2D eigenvalue weighted by atomic mass is 9.79. The van der Waals surface area contributed by atoms with Crippen LogP contribution in [-0.2, 0) is 10.3 Å². The molecular weight excluding hydrogens is 476 g/mol. The Morgan fingerprint density at radius 2 is 1.27 bits per heavy atom. The number of nitrogens with zero attached hydrogens (tertiary/aromatic N) is 2. The predicted molar refractivity (Wildman–Crippen MR) is 155 cm³/mol. The Bertz CT molecular complexity index is 1300. The fraction of sp³-hybridized carbons (Fsp3) is 0.281. The van der Waals surface area contributed by atoms with Gasteiger partial charge in [0.1, 0.15) is 0 Å². The summed E-state index contributed by atoms with van der Waals surface area (Å²) in [6.45, 7) is 12.4. The highest BCUT2D eigenvalue weighted by atomic mass is 32.1. The zero-order chi connectivity index (χ0) is 26.0. The maximum Gasteiger partial charge on any atom is 0.340 e. The normalized spacial score (nSPS) is 13.8. The minimum absolute atomic E-state index is 0.283. The molecule has 37 heavy (non-hydrogen) atoms. The van der Waals surface area contributed by atoms with E-state index in [9.17, 15) is 4.79 Å². The van der Waals surface area contributed by atoms with Crippen molar-refractivity contribution in [2.45, 2.75) is 33.3 Å². The van der Waals surface area contributed by atoms with Crippen molar-refractivity contribution in [1.82, 2.24) is 0 Å². The fourth-order valence-electron chi connectivity index (χ4n) is 5.45. The minimum Gasteiger partial charge on any atom is -0.441 e. The van der Waals surface area contributed by atoms with E-state index in [1.165, 1.54) is 11.4 Å². The highest BCUT2D eigenvalue weighted by Crippen LogP contribution is 2.48. The van der Waals surface area contributed by atoms with Crippen LogP contribution >= 0.6 is 11.3 Å². The van der Waals surface area contributed by atoms with Crippen LogP contribution in [0.3, 0.4) is 0 Å². The van der Waals surface area contributed by atoms with E-state index in [-0.39, 0.29) is 5.97 Å². The van der Waals surface area contributed by atoms with Gasteiger partial charge < -0.3 is 14.5 Å². The number of fused-ring (bicyclic) bond motifs is 1. The van der Waals surface area contributed by atoms with Gasteiger partial charge in [-0.15, -0.1) is 11.3 Å². The number of hydrogen-bond acceptors (Lipinski definition) is 5. The van der Waals surface area contributed by atoms with Crippen molar-refractivity contribution >= 4 is 28.7 Å². The second-order valence-corrected chi connectivity index (χ2v) is 10.2. The molecule has 0 spiro atoms. The third kappa shape index (κ3) is 4.31. The molecule has 0 aliphatic carbocycles.